The summed E-state index contributed by atoms with van der Waals surface area (Å²) in [5.74, 6) is -0.513. The Kier molecular flexibility index (Phi) is 6.07. The van der Waals surface area contributed by atoms with Crippen molar-refractivity contribution in [1.29, 1.82) is 0 Å². The van der Waals surface area contributed by atoms with Gasteiger partial charge in [-0.05, 0) is 44.6 Å². The summed E-state index contributed by atoms with van der Waals surface area (Å²) >= 11 is 1.67. The Balaban J connectivity index is 2.02. The van der Waals surface area contributed by atoms with Crippen molar-refractivity contribution in [2.45, 2.75) is 13.0 Å². The number of carbonyl (C=O) groups is 1. The minimum Gasteiger partial charge on any atom is -0.350 e. The molecule has 23 heavy (non-hydrogen) atoms. The molecule has 0 spiro atoms. The van der Waals surface area contributed by atoms with Crippen molar-refractivity contribution >= 4 is 23.3 Å². The lowest BCUT2D eigenvalue weighted by Gasteiger charge is -2.23. The number of nitrogens with zero attached hydrogens (tertiary/aromatic N) is 1. The van der Waals surface area contributed by atoms with Gasteiger partial charge in [0, 0.05) is 22.6 Å². The number of rotatable bonds is 6. The largest absolute Gasteiger partial charge is 0.350 e. The summed E-state index contributed by atoms with van der Waals surface area (Å²) in [4.78, 5) is 15.5. The van der Waals surface area contributed by atoms with Crippen molar-refractivity contribution in [3.63, 3.8) is 0 Å². The molecule has 1 aromatic carbocycles. The highest BCUT2D eigenvalue weighted by molar-refractivity contribution is 7.10. The minimum absolute atomic E-state index is 0.125. The molecular weight excluding hydrogens is 311 g/mol. The van der Waals surface area contributed by atoms with E-state index in [2.05, 4.69) is 16.3 Å². The molecule has 5 heteroatoms. The van der Waals surface area contributed by atoms with Gasteiger partial charge in [0.1, 0.15) is 5.82 Å². The average molecular weight is 332 g/mol. The van der Waals surface area contributed by atoms with Gasteiger partial charge in [0.2, 0.25) is 5.91 Å². The fourth-order valence-corrected chi connectivity index (χ4v) is 3.16. The molecule has 1 atom stereocenters. The Hall–Kier alpha value is -1.98. The van der Waals surface area contributed by atoms with Crippen LogP contribution in [0.3, 0.4) is 0 Å². The van der Waals surface area contributed by atoms with E-state index < -0.39 is 0 Å². The Morgan fingerprint density at radius 2 is 2.04 bits per heavy atom. The molecule has 0 bridgehead atoms. The summed E-state index contributed by atoms with van der Waals surface area (Å²) in [6, 6.07) is 10.6. The number of amides is 1. The molecule has 2 aromatic rings. The van der Waals surface area contributed by atoms with Crippen LogP contribution >= 0.6 is 11.3 Å². The van der Waals surface area contributed by atoms with Gasteiger partial charge in [-0.3, -0.25) is 4.79 Å². The molecule has 1 heterocycles. The standard InChI is InChI=1S/C18H21FN2OS/c1-13(11-14-7-4-5-8-15(14)19)18(22)20-12-16(21(2)3)17-9-6-10-23-17/h4-11,16H,12H2,1-3H3,(H,20,22)/b13-11+. The van der Waals surface area contributed by atoms with Crippen molar-refractivity contribution in [2.75, 3.05) is 20.6 Å². The van der Waals surface area contributed by atoms with E-state index in [1.165, 1.54) is 10.9 Å². The molecule has 3 nitrogen and oxygen atoms in total. The maximum Gasteiger partial charge on any atom is 0.247 e. The zero-order valence-electron chi connectivity index (χ0n) is 13.5. The van der Waals surface area contributed by atoms with E-state index in [-0.39, 0.29) is 17.8 Å². The highest BCUT2D eigenvalue weighted by atomic mass is 32.1. The van der Waals surface area contributed by atoms with Crippen LogP contribution < -0.4 is 5.32 Å². The first-order chi connectivity index (χ1) is 11.0. The van der Waals surface area contributed by atoms with Crippen LogP contribution in [-0.2, 0) is 4.79 Å². The summed E-state index contributed by atoms with van der Waals surface area (Å²) in [5, 5.41) is 4.95. The maximum atomic E-state index is 13.6. The van der Waals surface area contributed by atoms with Crippen molar-refractivity contribution in [2.24, 2.45) is 0 Å². The van der Waals surface area contributed by atoms with Gasteiger partial charge in [0.15, 0.2) is 0 Å². The Bertz CT molecular complexity index is 680. The normalized spacial score (nSPS) is 13.2. The molecule has 2 rings (SSSR count). The van der Waals surface area contributed by atoms with E-state index >= 15 is 0 Å². The zero-order valence-corrected chi connectivity index (χ0v) is 14.4. The zero-order chi connectivity index (χ0) is 16.8. The van der Waals surface area contributed by atoms with E-state index in [0.717, 1.165) is 0 Å². The third kappa shape index (κ3) is 4.74. The average Bonchev–Trinajstić information content (AvgIpc) is 3.03. The van der Waals surface area contributed by atoms with Gasteiger partial charge in [-0.1, -0.05) is 24.3 Å². The number of hydrogen-bond donors (Lipinski definition) is 1. The molecule has 1 N–H and O–H groups in total. The molecule has 0 aliphatic rings. The molecule has 0 aliphatic carbocycles. The van der Waals surface area contributed by atoms with Gasteiger partial charge in [-0.25, -0.2) is 4.39 Å². The Morgan fingerprint density at radius 3 is 2.65 bits per heavy atom. The van der Waals surface area contributed by atoms with E-state index in [9.17, 15) is 9.18 Å². The molecule has 122 valence electrons. The van der Waals surface area contributed by atoms with Crippen molar-refractivity contribution in [3.8, 4) is 0 Å². The lowest BCUT2D eigenvalue weighted by atomic mass is 10.1. The smallest absolute Gasteiger partial charge is 0.247 e. The van der Waals surface area contributed by atoms with Crippen LogP contribution in [0.5, 0.6) is 0 Å². The van der Waals surface area contributed by atoms with Gasteiger partial charge >= 0.3 is 0 Å². The van der Waals surface area contributed by atoms with E-state index in [1.54, 1.807) is 42.5 Å². The molecule has 0 aliphatic heterocycles. The second kappa shape index (κ2) is 8.04. The van der Waals surface area contributed by atoms with Crippen LogP contribution in [0.1, 0.15) is 23.4 Å². The number of thiophene rings is 1. The lowest BCUT2D eigenvalue weighted by molar-refractivity contribution is -0.117. The number of hydrogen-bond acceptors (Lipinski definition) is 3. The third-order valence-electron chi connectivity index (χ3n) is 3.59. The molecule has 0 radical (unpaired) electrons. The number of carbonyl (C=O) groups excluding carboxylic acids is 1. The number of nitrogens with one attached hydrogen (secondary N) is 1. The summed E-state index contributed by atoms with van der Waals surface area (Å²) in [7, 11) is 3.97. The van der Waals surface area contributed by atoms with Gasteiger partial charge in [-0.15, -0.1) is 11.3 Å². The molecule has 0 saturated carbocycles. The predicted octanol–water partition coefficient (Wildman–Crippen LogP) is 3.71. The van der Waals surface area contributed by atoms with Crippen molar-refractivity contribution in [1.82, 2.24) is 10.2 Å². The van der Waals surface area contributed by atoms with Crippen LogP contribution in [0.2, 0.25) is 0 Å². The first-order valence-electron chi connectivity index (χ1n) is 7.40. The highest BCUT2D eigenvalue weighted by Crippen LogP contribution is 2.22. The first kappa shape index (κ1) is 17.4. The van der Waals surface area contributed by atoms with Crippen LogP contribution in [-0.4, -0.2) is 31.4 Å². The monoisotopic (exact) mass is 332 g/mol. The van der Waals surface area contributed by atoms with Gasteiger partial charge < -0.3 is 10.2 Å². The van der Waals surface area contributed by atoms with Crippen molar-refractivity contribution in [3.05, 3.63) is 63.6 Å². The summed E-state index contributed by atoms with van der Waals surface area (Å²) in [6.07, 6.45) is 1.57. The molecular formula is C18H21FN2OS. The fraction of sp³-hybridized carbons (Fsp3) is 0.278. The first-order valence-corrected chi connectivity index (χ1v) is 8.28. The summed E-state index contributed by atoms with van der Waals surface area (Å²) in [6.45, 7) is 2.20. The second-order valence-electron chi connectivity index (χ2n) is 5.55. The number of likely N-dealkylation sites (N-methyl/N-ethyl adjacent to an activating group) is 1. The van der Waals surface area contributed by atoms with Crippen molar-refractivity contribution < 1.29 is 9.18 Å². The predicted molar refractivity (Wildman–Crippen MR) is 93.8 cm³/mol. The van der Waals surface area contributed by atoms with Gasteiger partial charge in [0.05, 0.1) is 6.04 Å². The number of halogens is 1. The van der Waals surface area contributed by atoms with Crippen LogP contribution in [0.25, 0.3) is 6.08 Å². The Morgan fingerprint density at radius 1 is 1.30 bits per heavy atom. The number of benzene rings is 1. The van der Waals surface area contributed by atoms with E-state index in [1.807, 2.05) is 25.5 Å². The maximum absolute atomic E-state index is 13.6. The molecule has 1 amide bonds. The SMILES string of the molecule is C/C(=C\c1ccccc1F)C(=O)NCC(c1cccs1)N(C)C. The minimum atomic E-state index is -0.329. The van der Waals surface area contributed by atoms with Crippen LogP contribution in [0.15, 0.2) is 47.4 Å². The fourth-order valence-electron chi connectivity index (χ4n) is 2.24. The second-order valence-corrected chi connectivity index (χ2v) is 6.53. The van der Waals surface area contributed by atoms with E-state index in [0.29, 0.717) is 17.7 Å². The third-order valence-corrected chi connectivity index (χ3v) is 4.56. The van der Waals surface area contributed by atoms with Gasteiger partial charge in [-0.2, -0.15) is 0 Å². The quantitative estimate of drug-likeness (QED) is 0.818. The highest BCUT2D eigenvalue weighted by Gasteiger charge is 2.16. The lowest BCUT2D eigenvalue weighted by Crippen LogP contribution is -2.34. The van der Waals surface area contributed by atoms with E-state index in [4.69, 9.17) is 0 Å². The molecule has 1 unspecified atom stereocenters. The summed E-state index contributed by atoms with van der Waals surface area (Å²) in [5.41, 5.74) is 0.904. The topological polar surface area (TPSA) is 32.3 Å². The molecule has 1 aromatic heterocycles. The van der Waals surface area contributed by atoms with Gasteiger partial charge in [0.25, 0.3) is 0 Å². The van der Waals surface area contributed by atoms with Crippen LogP contribution in [0.4, 0.5) is 4.39 Å². The molecule has 0 fully saturated rings. The Labute approximate surface area is 140 Å². The molecule has 0 saturated heterocycles. The summed E-state index contributed by atoms with van der Waals surface area (Å²) < 4.78 is 13.6. The van der Waals surface area contributed by atoms with Crippen LogP contribution in [0, 0.1) is 5.82 Å².